The first-order chi connectivity index (χ1) is 7.87. The first-order valence-corrected chi connectivity index (χ1v) is 7.23. The van der Waals surface area contributed by atoms with E-state index < -0.39 is 0 Å². The van der Waals surface area contributed by atoms with Gasteiger partial charge in [0.2, 0.25) is 0 Å². The lowest BCUT2D eigenvalue weighted by Gasteiger charge is -2.43. The van der Waals surface area contributed by atoms with Crippen LogP contribution in [-0.4, -0.2) is 11.7 Å². The Kier molecular flexibility index (Phi) is 3.42. The normalized spacial score (nSPS) is 41.6. The third-order valence-corrected chi connectivity index (χ3v) is 4.73. The molecule has 1 heterocycles. The van der Waals surface area contributed by atoms with E-state index in [1.54, 1.807) is 0 Å². The molecule has 1 aliphatic carbocycles. The lowest BCUT2D eigenvalue weighted by Crippen LogP contribution is -2.44. The summed E-state index contributed by atoms with van der Waals surface area (Å²) in [5.74, 6) is 2.69. The molecule has 1 nitrogen and oxygen atoms in total. The van der Waals surface area contributed by atoms with E-state index in [4.69, 9.17) is 4.74 Å². The van der Waals surface area contributed by atoms with Crippen molar-refractivity contribution in [3.8, 4) is 0 Å². The van der Waals surface area contributed by atoms with Gasteiger partial charge in [-0.15, -0.1) is 0 Å². The first kappa shape index (κ1) is 13.1. The van der Waals surface area contributed by atoms with Gasteiger partial charge in [0.25, 0.3) is 0 Å². The van der Waals surface area contributed by atoms with Gasteiger partial charge in [0.05, 0.1) is 11.7 Å². The summed E-state index contributed by atoms with van der Waals surface area (Å²) in [4.78, 5) is 0. The average molecular weight is 236 g/mol. The van der Waals surface area contributed by atoms with Crippen molar-refractivity contribution in [1.82, 2.24) is 0 Å². The van der Waals surface area contributed by atoms with Gasteiger partial charge in [-0.25, -0.2) is 0 Å². The molecule has 0 spiro atoms. The molecule has 0 N–H and O–H groups in total. The molecule has 4 atom stereocenters. The maximum Gasteiger partial charge on any atom is 0.0729 e. The molecule has 98 valence electrons. The van der Waals surface area contributed by atoms with Crippen LogP contribution in [0.4, 0.5) is 0 Å². The van der Waals surface area contributed by atoms with Crippen LogP contribution in [0.15, 0.2) is 12.2 Å². The second kappa shape index (κ2) is 4.42. The summed E-state index contributed by atoms with van der Waals surface area (Å²) in [6.45, 7) is 15.9. The molecule has 1 saturated carbocycles. The third-order valence-electron chi connectivity index (χ3n) is 4.73. The highest BCUT2D eigenvalue weighted by atomic mass is 16.5. The Bertz CT molecular complexity index is 305. The zero-order chi connectivity index (χ0) is 12.8. The fraction of sp³-hybridized carbons (Fsp3) is 0.875. The second-order valence-electron chi connectivity index (χ2n) is 6.94. The molecule has 0 radical (unpaired) electrons. The van der Waals surface area contributed by atoms with E-state index in [2.05, 4.69) is 41.2 Å². The number of fused-ring (bicyclic) bond motifs is 2. The lowest BCUT2D eigenvalue weighted by molar-refractivity contribution is -0.0783. The summed E-state index contributed by atoms with van der Waals surface area (Å²) in [5, 5.41) is 0. The monoisotopic (exact) mass is 236 g/mol. The van der Waals surface area contributed by atoms with Crippen LogP contribution >= 0.6 is 0 Å². The molecule has 4 unspecified atom stereocenters. The van der Waals surface area contributed by atoms with Crippen molar-refractivity contribution in [2.75, 3.05) is 0 Å². The maximum atomic E-state index is 6.47. The topological polar surface area (TPSA) is 9.23 Å². The van der Waals surface area contributed by atoms with Gasteiger partial charge in [-0.2, -0.15) is 0 Å². The summed E-state index contributed by atoms with van der Waals surface area (Å²) in [6.07, 6.45) is 3.94. The van der Waals surface area contributed by atoms with Crippen LogP contribution in [0.5, 0.6) is 0 Å². The van der Waals surface area contributed by atoms with Crippen LogP contribution in [0.2, 0.25) is 0 Å². The van der Waals surface area contributed by atoms with Crippen LogP contribution in [0.3, 0.4) is 0 Å². The zero-order valence-corrected chi connectivity index (χ0v) is 12.1. The van der Waals surface area contributed by atoms with E-state index in [1.807, 2.05) is 0 Å². The smallest absolute Gasteiger partial charge is 0.0729 e. The molecule has 17 heavy (non-hydrogen) atoms. The number of hydrogen-bond donors (Lipinski definition) is 0. The van der Waals surface area contributed by atoms with Crippen molar-refractivity contribution in [3.05, 3.63) is 12.2 Å². The van der Waals surface area contributed by atoms with Crippen LogP contribution in [0, 0.1) is 23.7 Å². The Morgan fingerprint density at radius 1 is 1.35 bits per heavy atom. The Hall–Kier alpha value is -0.300. The Balaban J connectivity index is 2.33. The van der Waals surface area contributed by atoms with E-state index in [0.717, 1.165) is 0 Å². The molecule has 2 aliphatic rings. The average Bonchev–Trinajstić information content (AvgIpc) is 2.41. The summed E-state index contributed by atoms with van der Waals surface area (Å²) in [6, 6.07) is 0. The van der Waals surface area contributed by atoms with Crippen LogP contribution < -0.4 is 0 Å². The van der Waals surface area contributed by atoms with Crippen LogP contribution in [0.1, 0.15) is 53.9 Å². The Labute approximate surface area is 107 Å². The summed E-state index contributed by atoms with van der Waals surface area (Å²) in [7, 11) is 0. The molecule has 0 aromatic rings. The fourth-order valence-corrected chi connectivity index (χ4v) is 4.49. The third kappa shape index (κ3) is 2.07. The SMILES string of the molecule is C=C1CCC2(CC(C)C)OC(C)C1C2C(C)C. The highest BCUT2D eigenvalue weighted by Gasteiger charge is 2.57. The second-order valence-corrected chi connectivity index (χ2v) is 6.94. The Morgan fingerprint density at radius 3 is 2.53 bits per heavy atom. The molecule has 1 saturated heterocycles. The number of rotatable bonds is 3. The highest BCUT2D eigenvalue weighted by Crippen LogP contribution is 2.56. The minimum atomic E-state index is 0.146. The van der Waals surface area contributed by atoms with Crippen molar-refractivity contribution < 1.29 is 4.74 Å². The molecule has 2 fully saturated rings. The predicted octanol–water partition coefficient (Wildman–Crippen LogP) is 4.43. The van der Waals surface area contributed by atoms with Crippen molar-refractivity contribution in [2.45, 2.75) is 65.6 Å². The summed E-state index contributed by atoms with van der Waals surface area (Å²) >= 11 is 0. The standard InChI is InChI=1S/C16H28O/c1-10(2)9-16-8-7-12(5)14(13(6)17-16)15(16)11(3)4/h10-11,13-15H,5,7-9H2,1-4,6H3. The van der Waals surface area contributed by atoms with E-state index >= 15 is 0 Å². The van der Waals surface area contributed by atoms with E-state index in [1.165, 1.54) is 24.8 Å². The fourth-order valence-electron chi connectivity index (χ4n) is 4.49. The molecule has 0 amide bonds. The molecule has 1 aliphatic heterocycles. The van der Waals surface area contributed by atoms with Crippen molar-refractivity contribution in [2.24, 2.45) is 23.7 Å². The molecule has 2 rings (SSSR count). The van der Waals surface area contributed by atoms with Gasteiger partial charge < -0.3 is 4.74 Å². The van der Waals surface area contributed by atoms with Crippen molar-refractivity contribution in [3.63, 3.8) is 0 Å². The van der Waals surface area contributed by atoms with Gasteiger partial charge in [-0.1, -0.05) is 39.8 Å². The summed E-state index contributed by atoms with van der Waals surface area (Å²) in [5.41, 5.74) is 1.58. The predicted molar refractivity (Wildman–Crippen MR) is 72.9 cm³/mol. The minimum absolute atomic E-state index is 0.146. The van der Waals surface area contributed by atoms with Gasteiger partial charge in [-0.05, 0) is 43.9 Å². The van der Waals surface area contributed by atoms with Gasteiger partial charge in [0.1, 0.15) is 0 Å². The highest BCUT2D eigenvalue weighted by molar-refractivity contribution is 5.19. The van der Waals surface area contributed by atoms with E-state index in [9.17, 15) is 0 Å². The van der Waals surface area contributed by atoms with Crippen molar-refractivity contribution in [1.29, 1.82) is 0 Å². The maximum absolute atomic E-state index is 6.47. The molecule has 1 heteroatoms. The van der Waals surface area contributed by atoms with Crippen LogP contribution in [-0.2, 0) is 4.74 Å². The quantitative estimate of drug-likeness (QED) is 0.659. The number of ether oxygens (including phenoxy) is 1. The summed E-state index contributed by atoms with van der Waals surface area (Å²) < 4.78 is 6.47. The minimum Gasteiger partial charge on any atom is -0.371 e. The molecular weight excluding hydrogens is 208 g/mol. The van der Waals surface area contributed by atoms with Gasteiger partial charge in [-0.3, -0.25) is 0 Å². The lowest BCUT2D eigenvalue weighted by atomic mass is 9.62. The van der Waals surface area contributed by atoms with Crippen molar-refractivity contribution >= 4 is 0 Å². The van der Waals surface area contributed by atoms with Crippen LogP contribution in [0.25, 0.3) is 0 Å². The largest absolute Gasteiger partial charge is 0.371 e. The van der Waals surface area contributed by atoms with E-state index in [-0.39, 0.29) is 5.60 Å². The van der Waals surface area contributed by atoms with Gasteiger partial charge in [0, 0.05) is 5.92 Å². The van der Waals surface area contributed by atoms with Gasteiger partial charge in [0.15, 0.2) is 0 Å². The number of hydrogen-bond acceptors (Lipinski definition) is 1. The molecule has 2 bridgehead atoms. The van der Waals surface area contributed by atoms with Gasteiger partial charge >= 0.3 is 0 Å². The zero-order valence-electron chi connectivity index (χ0n) is 12.1. The molecule has 0 aromatic carbocycles. The molecule has 0 aromatic heterocycles. The van der Waals surface area contributed by atoms with E-state index in [0.29, 0.717) is 29.8 Å². The first-order valence-electron chi connectivity index (χ1n) is 7.23. The molecular formula is C16H28O. The Morgan fingerprint density at radius 2 is 2.00 bits per heavy atom.